The van der Waals surface area contributed by atoms with Crippen molar-refractivity contribution in [3.63, 3.8) is 0 Å². The molecule has 0 saturated carbocycles. The first-order valence-corrected chi connectivity index (χ1v) is 12.5. The number of carbonyl (C=O) groups is 1. The molecule has 0 bridgehead atoms. The zero-order valence-electron chi connectivity index (χ0n) is 23.0. The average molecular weight is 651 g/mol. The largest absolute Gasteiger partial charge is 1.00 e. The number of aromatic nitrogens is 6. The molecule has 44 heavy (non-hydrogen) atoms. The van der Waals surface area contributed by atoms with Gasteiger partial charge in [-0.05, 0) is 37.3 Å². The summed E-state index contributed by atoms with van der Waals surface area (Å²) in [5.74, 6) is -7.07. The number of rotatable bonds is 12. The lowest BCUT2D eigenvalue weighted by Gasteiger charge is -2.32. The van der Waals surface area contributed by atoms with Gasteiger partial charge in [0.2, 0.25) is 13.1 Å². The van der Waals surface area contributed by atoms with E-state index in [4.69, 9.17) is 9.47 Å². The molecule has 0 amide bonds. The molecule has 11 nitrogen and oxygen atoms in total. The van der Waals surface area contributed by atoms with Crippen LogP contribution in [0, 0.1) is 11.6 Å². The predicted octanol–water partition coefficient (Wildman–Crippen LogP) is -0.251. The maximum absolute atomic E-state index is 15.0. The number of hydrogen-bond donors (Lipinski definition) is 1. The van der Waals surface area contributed by atoms with E-state index in [1.807, 2.05) is 0 Å². The fraction of sp³-hybridized carbons (Fsp3) is 0.346. The van der Waals surface area contributed by atoms with Crippen molar-refractivity contribution in [2.24, 2.45) is 0 Å². The van der Waals surface area contributed by atoms with Crippen LogP contribution >= 0.6 is 0 Å². The maximum Gasteiger partial charge on any atom is 0.350 e. The van der Waals surface area contributed by atoms with Crippen molar-refractivity contribution in [1.82, 2.24) is 24.1 Å². The number of benzene rings is 2. The lowest BCUT2D eigenvalue weighted by Crippen LogP contribution is -3.00. The average Bonchev–Trinajstić information content (AvgIpc) is 3.56. The standard InChI is InChI=1S/C26H25F6N6O5.ClH/c1-16(38-24(40)37(13-34-38)19-4-6-20(7-5-19)42-11-26(31,32)23(29)30)25(41,21-8-3-18(27)9-22(21)28)10-36-14-35(12-33-36)15-43-17(2)39;/h3-9,12-14,16,23,41H,10-11,15H2,1-2H3;1H/q+1;/p-1/t16-,25-;/m1./s1. The molecule has 18 heteroatoms. The van der Waals surface area contributed by atoms with Gasteiger partial charge in [0, 0.05) is 23.7 Å². The summed E-state index contributed by atoms with van der Waals surface area (Å²) in [6, 6.07) is 6.15. The summed E-state index contributed by atoms with van der Waals surface area (Å²) in [6.07, 6.45) is -0.195. The van der Waals surface area contributed by atoms with Gasteiger partial charge in [0.25, 0.3) is 6.33 Å². The monoisotopic (exact) mass is 650 g/mol. The minimum absolute atomic E-state index is 0. The molecular formula is C26H25ClF6N6O5. The maximum atomic E-state index is 15.0. The summed E-state index contributed by atoms with van der Waals surface area (Å²) in [6.45, 7) is 0.366. The van der Waals surface area contributed by atoms with Crippen LogP contribution in [0.25, 0.3) is 5.69 Å². The van der Waals surface area contributed by atoms with Crippen LogP contribution in [0.3, 0.4) is 0 Å². The van der Waals surface area contributed by atoms with E-state index in [1.165, 1.54) is 60.0 Å². The smallest absolute Gasteiger partial charge is 0.350 e. The minimum Gasteiger partial charge on any atom is -1.00 e. The first kappa shape index (κ1) is 34.1. The van der Waals surface area contributed by atoms with E-state index in [0.717, 1.165) is 27.7 Å². The predicted molar refractivity (Wildman–Crippen MR) is 133 cm³/mol. The van der Waals surface area contributed by atoms with Gasteiger partial charge in [0.15, 0.2) is 6.61 Å². The molecule has 0 radical (unpaired) electrons. The van der Waals surface area contributed by atoms with Gasteiger partial charge in [0.1, 0.15) is 35.9 Å². The molecule has 0 aliphatic heterocycles. The molecule has 2 aromatic heterocycles. The molecule has 4 aromatic rings. The number of hydrogen-bond acceptors (Lipinski definition) is 7. The highest BCUT2D eigenvalue weighted by Gasteiger charge is 2.44. The van der Waals surface area contributed by atoms with Crippen LogP contribution in [-0.4, -0.2) is 54.2 Å². The van der Waals surface area contributed by atoms with E-state index in [-0.39, 0.29) is 36.1 Å². The molecule has 0 spiro atoms. The fourth-order valence-electron chi connectivity index (χ4n) is 4.11. The number of carbonyl (C=O) groups excluding carboxylic acids is 1. The zero-order valence-corrected chi connectivity index (χ0v) is 23.7. The molecule has 2 aromatic carbocycles. The van der Waals surface area contributed by atoms with Gasteiger partial charge in [0.05, 0.1) is 11.7 Å². The van der Waals surface area contributed by atoms with Gasteiger partial charge in [-0.15, -0.1) is 4.68 Å². The molecule has 0 aliphatic rings. The van der Waals surface area contributed by atoms with Crippen LogP contribution in [0.5, 0.6) is 5.75 Å². The van der Waals surface area contributed by atoms with Crippen LogP contribution in [0.4, 0.5) is 26.3 Å². The molecule has 2 atom stereocenters. The second-order valence-electron chi connectivity index (χ2n) is 9.52. The van der Waals surface area contributed by atoms with Gasteiger partial charge < -0.3 is 27.0 Å². The highest BCUT2D eigenvalue weighted by Crippen LogP contribution is 2.36. The van der Waals surface area contributed by atoms with Gasteiger partial charge in [-0.25, -0.2) is 36.2 Å². The first-order chi connectivity index (χ1) is 20.2. The highest BCUT2D eigenvalue weighted by atomic mass is 35.5. The van der Waals surface area contributed by atoms with Gasteiger partial charge in [-0.2, -0.15) is 13.9 Å². The summed E-state index contributed by atoms with van der Waals surface area (Å²) in [4.78, 5) is 24.5. The van der Waals surface area contributed by atoms with Crippen molar-refractivity contribution in [1.29, 1.82) is 0 Å². The summed E-state index contributed by atoms with van der Waals surface area (Å²) < 4.78 is 93.9. The second kappa shape index (κ2) is 13.5. The summed E-state index contributed by atoms with van der Waals surface area (Å²) >= 11 is 0. The molecule has 1 N–H and O–H groups in total. The molecule has 0 saturated heterocycles. The van der Waals surface area contributed by atoms with Crippen molar-refractivity contribution in [3.8, 4) is 11.4 Å². The van der Waals surface area contributed by atoms with Crippen molar-refractivity contribution in [2.75, 3.05) is 6.61 Å². The van der Waals surface area contributed by atoms with E-state index in [1.54, 1.807) is 0 Å². The van der Waals surface area contributed by atoms with Crippen LogP contribution in [0.2, 0.25) is 0 Å². The Bertz CT molecular complexity index is 1650. The van der Waals surface area contributed by atoms with Crippen molar-refractivity contribution >= 4 is 5.97 Å². The topological polar surface area (TPSA) is 117 Å². The van der Waals surface area contributed by atoms with Crippen molar-refractivity contribution < 1.29 is 62.7 Å². The molecular weight excluding hydrogens is 626 g/mol. The van der Waals surface area contributed by atoms with Crippen LogP contribution in [0.15, 0.2) is 66.2 Å². The Morgan fingerprint density at radius 2 is 1.80 bits per heavy atom. The third kappa shape index (κ3) is 7.39. The number of halogens is 7. The Kier molecular flexibility index (Phi) is 10.5. The molecule has 4 rings (SSSR count). The first-order valence-electron chi connectivity index (χ1n) is 12.5. The van der Waals surface area contributed by atoms with E-state index < -0.39 is 60.4 Å². The van der Waals surface area contributed by atoms with Gasteiger partial charge in [-0.1, -0.05) is 6.07 Å². The molecule has 0 aliphatic carbocycles. The molecule has 0 fully saturated rings. The summed E-state index contributed by atoms with van der Waals surface area (Å²) in [7, 11) is 0. The number of aliphatic hydroxyl groups is 1. The zero-order chi connectivity index (χ0) is 31.5. The number of alkyl halides is 4. The molecule has 238 valence electrons. The summed E-state index contributed by atoms with van der Waals surface area (Å²) in [5.41, 5.74) is -3.25. The second-order valence-corrected chi connectivity index (χ2v) is 9.52. The SMILES string of the molecule is CC(=O)OC[n+]1cnn(C[C@](O)(c2ccc(F)cc2F)[C@@H](C)n2ncn(-c3ccc(OCC(F)(F)C(F)F)cc3)c2=O)c1.[Cl-]. The lowest BCUT2D eigenvalue weighted by atomic mass is 9.86. The van der Waals surface area contributed by atoms with E-state index in [9.17, 15) is 36.6 Å². The third-order valence-electron chi connectivity index (χ3n) is 6.46. The Balaban J connectivity index is 0.00000529. The Morgan fingerprint density at radius 1 is 1.11 bits per heavy atom. The Morgan fingerprint density at radius 3 is 2.41 bits per heavy atom. The van der Waals surface area contributed by atoms with Crippen LogP contribution in [0.1, 0.15) is 25.5 Å². The van der Waals surface area contributed by atoms with Crippen molar-refractivity contribution in [2.45, 2.75) is 51.1 Å². The fourth-order valence-corrected chi connectivity index (χ4v) is 4.11. The molecule has 0 unspecified atom stereocenters. The number of esters is 1. The van der Waals surface area contributed by atoms with Gasteiger partial charge >= 0.3 is 24.0 Å². The van der Waals surface area contributed by atoms with Crippen LogP contribution in [-0.2, 0) is 28.4 Å². The summed E-state index contributed by atoms with van der Waals surface area (Å²) in [5, 5.41) is 20.0. The van der Waals surface area contributed by atoms with E-state index in [0.29, 0.717) is 6.07 Å². The number of ether oxygens (including phenoxy) is 2. The third-order valence-corrected chi connectivity index (χ3v) is 6.46. The van der Waals surface area contributed by atoms with Gasteiger partial charge in [-0.3, -0.25) is 4.79 Å². The van der Waals surface area contributed by atoms with E-state index in [2.05, 4.69) is 10.2 Å². The van der Waals surface area contributed by atoms with Crippen molar-refractivity contribution in [3.05, 3.63) is 89.1 Å². The Hall–Kier alpha value is -4.38. The molecule has 2 heterocycles. The normalized spacial score (nSPS) is 13.7. The lowest BCUT2D eigenvalue weighted by molar-refractivity contribution is -0.728. The number of nitrogens with zero attached hydrogens (tertiary/aromatic N) is 6. The van der Waals surface area contributed by atoms with Crippen LogP contribution < -0.4 is 27.4 Å². The quantitative estimate of drug-likeness (QED) is 0.128. The Labute approximate surface area is 251 Å². The highest BCUT2D eigenvalue weighted by molar-refractivity contribution is 5.65. The van der Waals surface area contributed by atoms with E-state index >= 15 is 4.39 Å². The minimum atomic E-state index is -4.35.